The first-order chi connectivity index (χ1) is 9.22. The molecule has 0 saturated heterocycles. The van der Waals surface area contributed by atoms with Gasteiger partial charge in [0.15, 0.2) is 5.17 Å². The van der Waals surface area contributed by atoms with E-state index in [0.29, 0.717) is 5.17 Å². The second-order valence-electron chi connectivity index (χ2n) is 4.70. The highest BCUT2D eigenvalue weighted by molar-refractivity contribution is 8.13. The third-order valence-electron chi connectivity index (χ3n) is 3.35. The van der Waals surface area contributed by atoms with Gasteiger partial charge in [0.2, 0.25) is 0 Å². The first-order valence-corrected chi connectivity index (χ1v) is 7.66. The summed E-state index contributed by atoms with van der Waals surface area (Å²) in [5.41, 5.74) is 2.18. The molecule has 1 atom stereocenters. The van der Waals surface area contributed by atoms with Gasteiger partial charge >= 0.3 is 0 Å². The summed E-state index contributed by atoms with van der Waals surface area (Å²) < 4.78 is 0. The predicted octanol–water partition coefficient (Wildman–Crippen LogP) is 3.71. The van der Waals surface area contributed by atoms with Gasteiger partial charge in [-0.25, -0.2) is 4.99 Å². The number of aliphatic imine (C=N–C) groups is 2. The van der Waals surface area contributed by atoms with E-state index >= 15 is 0 Å². The maximum Gasteiger partial charge on any atom is 0.256 e. The molecule has 0 aromatic heterocycles. The maximum absolute atomic E-state index is 11.8. The van der Waals surface area contributed by atoms with Crippen LogP contribution in [0, 0.1) is 5.92 Å². The molecule has 2 aliphatic rings. The lowest BCUT2D eigenvalue weighted by Crippen LogP contribution is -2.22. The molecule has 1 aromatic carbocycles. The molecule has 98 valence electrons. The van der Waals surface area contributed by atoms with Gasteiger partial charge in [0.05, 0.1) is 5.92 Å². The molecule has 0 spiro atoms. The normalized spacial score (nSPS) is 21.9. The van der Waals surface area contributed by atoms with E-state index in [2.05, 4.69) is 9.98 Å². The van der Waals surface area contributed by atoms with Gasteiger partial charge in [-0.1, -0.05) is 35.5 Å². The van der Waals surface area contributed by atoms with Crippen LogP contribution in [0.1, 0.15) is 24.8 Å². The van der Waals surface area contributed by atoms with Crippen LogP contribution in [-0.2, 0) is 10.5 Å². The average molecular weight is 293 g/mol. The van der Waals surface area contributed by atoms with E-state index in [1.54, 1.807) is 0 Å². The molecule has 1 aliphatic heterocycles. The van der Waals surface area contributed by atoms with Crippen LogP contribution in [-0.4, -0.2) is 16.8 Å². The minimum Gasteiger partial charge on any atom is -0.272 e. The number of benzene rings is 1. The molecule has 0 bridgehead atoms. The average Bonchev–Trinajstić information content (AvgIpc) is 2.87. The number of amides is 1. The number of hydrogen-bond acceptors (Lipinski definition) is 3. The Bertz CT molecular complexity index is 565. The summed E-state index contributed by atoms with van der Waals surface area (Å²) in [6.45, 7) is 0. The lowest BCUT2D eigenvalue weighted by atomic mass is 10.1. The van der Waals surface area contributed by atoms with Crippen molar-refractivity contribution in [3.05, 3.63) is 34.9 Å². The first kappa shape index (κ1) is 12.9. The van der Waals surface area contributed by atoms with Gasteiger partial charge in [0.1, 0.15) is 0 Å². The van der Waals surface area contributed by atoms with Crippen LogP contribution in [0.4, 0.5) is 0 Å². The van der Waals surface area contributed by atoms with Crippen LogP contribution in [0.3, 0.4) is 0 Å². The van der Waals surface area contributed by atoms with Crippen molar-refractivity contribution < 1.29 is 4.79 Å². The van der Waals surface area contributed by atoms with Crippen LogP contribution >= 0.6 is 23.4 Å². The van der Waals surface area contributed by atoms with E-state index in [9.17, 15) is 4.79 Å². The number of amidine groups is 1. The molecule has 1 unspecified atom stereocenters. The predicted molar refractivity (Wildman–Crippen MR) is 80.0 cm³/mol. The van der Waals surface area contributed by atoms with Gasteiger partial charge in [-0.2, -0.15) is 4.99 Å². The summed E-state index contributed by atoms with van der Waals surface area (Å²) in [5, 5.41) is 1.33. The number of rotatable bonds is 2. The van der Waals surface area contributed by atoms with Crippen molar-refractivity contribution in [1.29, 1.82) is 0 Å². The lowest BCUT2D eigenvalue weighted by Gasteiger charge is -2.13. The van der Waals surface area contributed by atoms with E-state index in [0.717, 1.165) is 41.3 Å². The van der Waals surface area contributed by atoms with Crippen LogP contribution in [0.25, 0.3) is 0 Å². The summed E-state index contributed by atoms with van der Waals surface area (Å²) in [4.78, 5) is 20.4. The van der Waals surface area contributed by atoms with Crippen LogP contribution in [0.5, 0.6) is 0 Å². The fourth-order valence-corrected chi connectivity index (χ4v) is 3.29. The highest BCUT2D eigenvalue weighted by Crippen LogP contribution is 2.29. The van der Waals surface area contributed by atoms with E-state index in [4.69, 9.17) is 11.6 Å². The number of thioether (sulfide) groups is 1. The number of carbonyl (C=O) groups excluding carboxylic acids is 1. The molecule has 3 rings (SSSR count). The summed E-state index contributed by atoms with van der Waals surface area (Å²) in [7, 11) is 0. The molecule has 0 radical (unpaired) electrons. The van der Waals surface area contributed by atoms with Crippen molar-refractivity contribution in [3.63, 3.8) is 0 Å². The van der Waals surface area contributed by atoms with Crippen molar-refractivity contribution in [2.45, 2.75) is 25.0 Å². The van der Waals surface area contributed by atoms with Crippen LogP contribution < -0.4 is 0 Å². The monoisotopic (exact) mass is 292 g/mol. The number of fused-ring (bicyclic) bond motifs is 1. The van der Waals surface area contributed by atoms with E-state index in [1.165, 1.54) is 11.8 Å². The Hall–Kier alpha value is -1.13. The Morgan fingerprint density at radius 1 is 1.26 bits per heavy atom. The van der Waals surface area contributed by atoms with Gasteiger partial charge in [0, 0.05) is 16.5 Å². The molecule has 1 amide bonds. The number of halogens is 1. The maximum atomic E-state index is 11.8. The summed E-state index contributed by atoms with van der Waals surface area (Å²) in [6.07, 6.45) is 2.91. The first-order valence-electron chi connectivity index (χ1n) is 6.29. The van der Waals surface area contributed by atoms with Crippen molar-refractivity contribution in [2.24, 2.45) is 15.9 Å². The van der Waals surface area contributed by atoms with Crippen molar-refractivity contribution >= 4 is 40.1 Å². The third-order valence-corrected chi connectivity index (χ3v) is 4.52. The fourth-order valence-electron chi connectivity index (χ4n) is 2.34. The zero-order valence-corrected chi connectivity index (χ0v) is 11.9. The second kappa shape index (κ2) is 5.47. The van der Waals surface area contributed by atoms with Gasteiger partial charge in [-0.15, -0.1) is 0 Å². The second-order valence-corrected chi connectivity index (χ2v) is 6.07. The van der Waals surface area contributed by atoms with Crippen LogP contribution in [0.2, 0.25) is 5.02 Å². The molecule has 0 N–H and O–H groups in total. The zero-order valence-electron chi connectivity index (χ0n) is 10.3. The summed E-state index contributed by atoms with van der Waals surface area (Å²) >= 11 is 7.35. The molecular weight excluding hydrogens is 280 g/mol. The molecule has 5 heteroatoms. The summed E-state index contributed by atoms with van der Waals surface area (Å²) in [6, 6.07) is 7.69. The smallest absolute Gasteiger partial charge is 0.256 e. The van der Waals surface area contributed by atoms with Crippen molar-refractivity contribution in [3.8, 4) is 0 Å². The van der Waals surface area contributed by atoms with E-state index in [1.807, 2.05) is 24.3 Å². The van der Waals surface area contributed by atoms with Crippen molar-refractivity contribution in [1.82, 2.24) is 0 Å². The molecular formula is C14H13ClN2OS. The van der Waals surface area contributed by atoms with Gasteiger partial charge < -0.3 is 0 Å². The molecule has 19 heavy (non-hydrogen) atoms. The molecule has 1 saturated carbocycles. The quantitative estimate of drug-likeness (QED) is 0.834. The highest BCUT2D eigenvalue weighted by Gasteiger charge is 2.32. The Morgan fingerprint density at radius 3 is 2.84 bits per heavy atom. The molecule has 1 aliphatic carbocycles. The lowest BCUT2D eigenvalue weighted by molar-refractivity contribution is -0.119. The topological polar surface area (TPSA) is 41.8 Å². The largest absolute Gasteiger partial charge is 0.272 e. The third kappa shape index (κ3) is 2.90. The van der Waals surface area contributed by atoms with Gasteiger partial charge in [-0.05, 0) is 37.0 Å². The number of carbonyl (C=O) groups is 1. The Labute approximate surface area is 121 Å². The molecule has 1 aromatic rings. The van der Waals surface area contributed by atoms with Gasteiger partial charge in [0.25, 0.3) is 5.91 Å². The van der Waals surface area contributed by atoms with Crippen molar-refractivity contribution in [2.75, 3.05) is 0 Å². The SMILES string of the molecule is O=C1N=C(SCc2ccc(Cl)cc2)N=C2CCCC12. The minimum atomic E-state index is -0.0279. The zero-order chi connectivity index (χ0) is 13.2. The van der Waals surface area contributed by atoms with Gasteiger partial charge in [-0.3, -0.25) is 4.79 Å². The Kier molecular flexibility index (Phi) is 3.71. The number of hydrogen-bond donors (Lipinski definition) is 0. The Balaban J connectivity index is 1.67. The fraction of sp³-hybridized carbons (Fsp3) is 0.357. The van der Waals surface area contributed by atoms with Crippen LogP contribution in [0.15, 0.2) is 34.3 Å². The number of nitrogens with zero attached hydrogens (tertiary/aromatic N) is 2. The highest BCUT2D eigenvalue weighted by atomic mass is 35.5. The molecule has 1 fully saturated rings. The van der Waals surface area contributed by atoms with E-state index < -0.39 is 0 Å². The molecule has 3 nitrogen and oxygen atoms in total. The van der Waals surface area contributed by atoms with E-state index in [-0.39, 0.29) is 11.8 Å². The Morgan fingerprint density at radius 2 is 2.05 bits per heavy atom. The standard InChI is InChI=1S/C14H13ClN2OS/c15-10-6-4-9(5-7-10)8-19-14-16-12-3-1-2-11(12)13(18)17-14/h4-7,11H,1-3,8H2. The molecule has 1 heterocycles. The summed E-state index contributed by atoms with van der Waals surface area (Å²) in [5.74, 6) is 0.714. The minimum absolute atomic E-state index is 0.0129.